The highest BCUT2D eigenvalue weighted by molar-refractivity contribution is 7.98. The molecule has 3 aromatic rings. The van der Waals surface area contributed by atoms with Gasteiger partial charge in [0.2, 0.25) is 5.95 Å². The molecule has 0 unspecified atom stereocenters. The minimum absolute atomic E-state index is 0.647. The van der Waals surface area contributed by atoms with Crippen LogP contribution in [-0.4, -0.2) is 40.1 Å². The third kappa shape index (κ3) is 3.80. The number of rotatable bonds is 6. The molecular weight excluding hydrogens is 362 g/mol. The zero-order chi connectivity index (χ0) is 18.6. The van der Waals surface area contributed by atoms with Gasteiger partial charge in [-0.3, -0.25) is 4.57 Å². The van der Waals surface area contributed by atoms with Crippen molar-refractivity contribution in [1.29, 1.82) is 0 Å². The number of thioether (sulfide) groups is 1. The zero-order valence-corrected chi connectivity index (χ0v) is 16.4. The Morgan fingerprint density at radius 1 is 1.15 bits per heavy atom. The van der Waals surface area contributed by atoms with Crippen molar-refractivity contribution in [2.75, 3.05) is 25.1 Å². The number of hydrogen-bond acceptors (Lipinski definition) is 7. The van der Waals surface area contributed by atoms with Crippen molar-refractivity contribution in [1.82, 2.24) is 19.9 Å². The highest BCUT2D eigenvalue weighted by Crippen LogP contribution is 2.33. The Bertz CT molecular complexity index is 901. The Kier molecular flexibility index (Phi) is 5.33. The summed E-state index contributed by atoms with van der Waals surface area (Å²) >= 11 is 1.59. The van der Waals surface area contributed by atoms with Crippen LogP contribution >= 0.6 is 11.8 Å². The van der Waals surface area contributed by atoms with Crippen LogP contribution in [0.3, 0.4) is 0 Å². The first kappa shape index (κ1) is 17.9. The molecule has 0 spiro atoms. The topological polar surface area (TPSA) is 69.2 Å². The molecule has 0 aliphatic carbocycles. The van der Waals surface area contributed by atoms with Crippen LogP contribution in [0.2, 0.25) is 0 Å². The fourth-order valence-electron chi connectivity index (χ4n) is 3.30. The van der Waals surface area contributed by atoms with E-state index in [9.17, 15) is 0 Å². The third-order valence-electron chi connectivity index (χ3n) is 4.60. The van der Waals surface area contributed by atoms with Gasteiger partial charge in [-0.05, 0) is 38.3 Å². The number of aromatic nitrogens is 4. The molecule has 4 rings (SSSR count). The number of para-hydroxylation sites is 2. The second-order valence-corrected chi connectivity index (χ2v) is 7.50. The molecule has 3 heterocycles. The van der Waals surface area contributed by atoms with Gasteiger partial charge in [0.15, 0.2) is 5.16 Å². The fraction of sp³-hybridized carbons (Fsp3) is 0.421. The van der Waals surface area contributed by atoms with Crippen molar-refractivity contribution < 1.29 is 9.26 Å². The maximum Gasteiger partial charge on any atom is 0.232 e. The quantitative estimate of drug-likeness (QED) is 0.597. The second kappa shape index (κ2) is 8.04. The summed E-state index contributed by atoms with van der Waals surface area (Å²) < 4.78 is 13.0. The van der Waals surface area contributed by atoms with E-state index < -0.39 is 0 Å². The molecule has 2 aromatic heterocycles. The van der Waals surface area contributed by atoms with Crippen LogP contribution in [-0.2, 0) is 5.75 Å². The molecule has 0 radical (unpaired) electrons. The Hall–Kier alpha value is -2.48. The van der Waals surface area contributed by atoms with Gasteiger partial charge < -0.3 is 14.2 Å². The van der Waals surface area contributed by atoms with Crippen molar-refractivity contribution in [2.24, 2.45) is 0 Å². The molecule has 0 atom stereocenters. The molecule has 0 N–H and O–H groups in total. The molecule has 1 saturated heterocycles. The minimum Gasteiger partial charge on any atom is -0.495 e. The summed E-state index contributed by atoms with van der Waals surface area (Å²) in [6.07, 6.45) is 3.63. The summed E-state index contributed by atoms with van der Waals surface area (Å²) in [7, 11) is 1.69. The molecule has 0 bridgehead atoms. The summed E-state index contributed by atoms with van der Waals surface area (Å²) in [6, 6.07) is 9.92. The molecule has 0 saturated carbocycles. The lowest BCUT2D eigenvalue weighted by Crippen LogP contribution is -2.31. The lowest BCUT2D eigenvalue weighted by atomic mass is 10.1. The van der Waals surface area contributed by atoms with Gasteiger partial charge >= 0.3 is 0 Å². The summed E-state index contributed by atoms with van der Waals surface area (Å²) in [6.45, 7) is 3.92. The normalized spacial score (nSPS) is 14.5. The molecule has 27 heavy (non-hydrogen) atoms. The van der Waals surface area contributed by atoms with Gasteiger partial charge in [0, 0.05) is 19.2 Å². The molecule has 142 valence electrons. The number of piperidine rings is 1. The highest BCUT2D eigenvalue weighted by Gasteiger charge is 2.23. The molecule has 1 aliphatic heterocycles. The summed E-state index contributed by atoms with van der Waals surface area (Å²) in [5.74, 6) is 3.14. The van der Waals surface area contributed by atoms with E-state index >= 15 is 0 Å². The van der Waals surface area contributed by atoms with Crippen LogP contribution in [0.4, 0.5) is 5.95 Å². The number of benzene rings is 1. The van der Waals surface area contributed by atoms with E-state index in [1.165, 1.54) is 19.3 Å². The number of anilines is 1. The van der Waals surface area contributed by atoms with Crippen molar-refractivity contribution >= 4 is 17.7 Å². The average molecular weight is 385 g/mol. The number of nitrogens with zero attached hydrogens (tertiary/aromatic N) is 5. The molecule has 8 heteroatoms. The van der Waals surface area contributed by atoms with Crippen LogP contribution in [0.15, 0.2) is 40.0 Å². The highest BCUT2D eigenvalue weighted by atomic mass is 32.2. The molecule has 1 aliphatic rings. The number of hydrogen-bond donors (Lipinski definition) is 0. The number of aryl methyl sites for hydroxylation is 1. The SMILES string of the molecule is COc1ccccc1-n1c(SCc2cc(C)no2)nnc1N1CCCCC1. The van der Waals surface area contributed by atoms with E-state index in [-0.39, 0.29) is 0 Å². The van der Waals surface area contributed by atoms with Crippen LogP contribution < -0.4 is 9.64 Å². The second-order valence-electron chi connectivity index (χ2n) is 6.56. The average Bonchev–Trinajstić information content (AvgIpc) is 3.33. The Morgan fingerprint density at radius 3 is 2.70 bits per heavy atom. The number of methoxy groups -OCH3 is 1. The monoisotopic (exact) mass is 385 g/mol. The number of ether oxygens (including phenoxy) is 1. The van der Waals surface area contributed by atoms with E-state index in [0.29, 0.717) is 5.75 Å². The Balaban J connectivity index is 1.70. The lowest BCUT2D eigenvalue weighted by Gasteiger charge is -2.28. The molecule has 7 nitrogen and oxygen atoms in total. The first-order valence-corrected chi connectivity index (χ1v) is 10.1. The van der Waals surface area contributed by atoms with Gasteiger partial charge in [-0.25, -0.2) is 0 Å². The zero-order valence-electron chi connectivity index (χ0n) is 15.6. The van der Waals surface area contributed by atoms with E-state index in [2.05, 4.69) is 24.8 Å². The Labute approximate surface area is 162 Å². The van der Waals surface area contributed by atoms with Crippen molar-refractivity contribution in [3.05, 3.63) is 41.8 Å². The van der Waals surface area contributed by atoms with Gasteiger partial charge in [-0.1, -0.05) is 29.1 Å². The van der Waals surface area contributed by atoms with E-state index in [4.69, 9.17) is 9.26 Å². The minimum atomic E-state index is 0.647. The van der Waals surface area contributed by atoms with Gasteiger partial charge in [-0.2, -0.15) is 0 Å². The lowest BCUT2D eigenvalue weighted by molar-refractivity contribution is 0.391. The van der Waals surface area contributed by atoms with E-state index in [1.54, 1.807) is 18.9 Å². The maximum atomic E-state index is 5.60. The van der Waals surface area contributed by atoms with Gasteiger partial charge in [0.1, 0.15) is 11.5 Å². The van der Waals surface area contributed by atoms with Crippen LogP contribution in [0.25, 0.3) is 5.69 Å². The largest absolute Gasteiger partial charge is 0.495 e. The Morgan fingerprint density at radius 2 is 1.96 bits per heavy atom. The van der Waals surface area contributed by atoms with Crippen molar-refractivity contribution in [3.63, 3.8) is 0 Å². The summed E-state index contributed by atoms with van der Waals surface area (Å²) in [5, 5.41) is 13.8. The first-order chi connectivity index (χ1) is 13.3. The van der Waals surface area contributed by atoms with E-state index in [1.807, 2.05) is 37.3 Å². The third-order valence-corrected chi connectivity index (χ3v) is 5.55. The first-order valence-electron chi connectivity index (χ1n) is 9.15. The van der Waals surface area contributed by atoms with Crippen LogP contribution in [0.1, 0.15) is 30.7 Å². The van der Waals surface area contributed by atoms with Gasteiger partial charge in [0.25, 0.3) is 0 Å². The molecule has 0 amide bonds. The molecule has 1 fully saturated rings. The smallest absolute Gasteiger partial charge is 0.232 e. The van der Waals surface area contributed by atoms with Crippen LogP contribution in [0, 0.1) is 6.92 Å². The van der Waals surface area contributed by atoms with Gasteiger partial charge in [0.05, 0.1) is 24.2 Å². The molecule has 1 aromatic carbocycles. The maximum absolute atomic E-state index is 5.60. The van der Waals surface area contributed by atoms with E-state index in [0.717, 1.165) is 47.1 Å². The molecular formula is C19H23N5O2S. The standard InChI is InChI=1S/C19H23N5O2S/c1-14-12-15(26-22-14)13-27-19-21-20-18(23-10-6-3-7-11-23)24(19)16-8-4-5-9-17(16)25-2/h4-5,8-9,12H,3,6-7,10-11,13H2,1-2H3. The van der Waals surface area contributed by atoms with Crippen LogP contribution in [0.5, 0.6) is 5.75 Å². The predicted octanol–water partition coefficient (Wildman–Crippen LogP) is 3.85. The summed E-state index contributed by atoms with van der Waals surface area (Å²) in [4.78, 5) is 2.31. The van der Waals surface area contributed by atoms with Crippen molar-refractivity contribution in [3.8, 4) is 11.4 Å². The predicted molar refractivity (Wildman–Crippen MR) is 105 cm³/mol. The van der Waals surface area contributed by atoms with Crippen molar-refractivity contribution in [2.45, 2.75) is 37.1 Å². The fourth-order valence-corrected chi connectivity index (χ4v) is 4.11. The summed E-state index contributed by atoms with van der Waals surface area (Å²) in [5.41, 5.74) is 1.83. The van der Waals surface area contributed by atoms with Gasteiger partial charge in [-0.15, -0.1) is 10.2 Å².